The Kier molecular flexibility index (Phi) is 7.64. The fourth-order valence-electron chi connectivity index (χ4n) is 4.31. The molecule has 0 aromatic heterocycles. The number of carbonyl (C=O) groups is 2. The van der Waals surface area contributed by atoms with E-state index in [1.807, 2.05) is 31.2 Å². The topological polar surface area (TPSA) is 86.8 Å². The van der Waals surface area contributed by atoms with Crippen LogP contribution < -0.4 is 10.2 Å². The van der Waals surface area contributed by atoms with Crippen LogP contribution in [0.1, 0.15) is 45.1 Å². The number of aryl methyl sites for hydroxylation is 1. The summed E-state index contributed by atoms with van der Waals surface area (Å²) >= 11 is 1.53. The molecule has 2 aromatic rings. The molecule has 1 atom stereocenters. The highest BCUT2D eigenvalue weighted by Crippen LogP contribution is 2.39. The van der Waals surface area contributed by atoms with Gasteiger partial charge in [0.2, 0.25) is 21.8 Å². The van der Waals surface area contributed by atoms with Gasteiger partial charge >= 0.3 is 0 Å². The Morgan fingerprint density at radius 3 is 2.47 bits per heavy atom. The van der Waals surface area contributed by atoms with Crippen LogP contribution in [0.25, 0.3) is 0 Å². The van der Waals surface area contributed by atoms with E-state index in [9.17, 15) is 18.0 Å². The van der Waals surface area contributed by atoms with Gasteiger partial charge in [0.15, 0.2) is 0 Å². The number of benzene rings is 2. The van der Waals surface area contributed by atoms with Crippen LogP contribution in [0.5, 0.6) is 0 Å². The number of nitrogens with zero attached hydrogens (tertiary/aromatic N) is 2. The summed E-state index contributed by atoms with van der Waals surface area (Å²) in [6.07, 6.45) is 3.91. The minimum absolute atomic E-state index is 0.0189. The zero-order valence-corrected chi connectivity index (χ0v) is 21.3. The van der Waals surface area contributed by atoms with Crippen molar-refractivity contribution >= 4 is 45.0 Å². The number of sulfonamides is 1. The highest BCUT2D eigenvalue weighted by molar-refractivity contribution is 8.00. The van der Waals surface area contributed by atoms with Gasteiger partial charge in [-0.2, -0.15) is 4.31 Å². The van der Waals surface area contributed by atoms with Gasteiger partial charge < -0.3 is 10.2 Å². The standard InChI is InChI=1S/C25H31N3O4S2/c1-3-19-7-9-20(10-8-19)26-24(29)17-28-22-16-21(34(31,32)27-13-5-4-6-14-27)11-12-23(22)33-18(2)15-25(28)30/h7-12,16,18H,3-6,13-15,17H2,1-2H3,(H,26,29)/t18-/m0/s1. The van der Waals surface area contributed by atoms with Crippen LogP contribution in [0.4, 0.5) is 11.4 Å². The molecule has 0 aliphatic carbocycles. The summed E-state index contributed by atoms with van der Waals surface area (Å²) in [6, 6.07) is 12.5. The first-order chi connectivity index (χ1) is 16.3. The maximum Gasteiger partial charge on any atom is 0.244 e. The van der Waals surface area contributed by atoms with E-state index >= 15 is 0 Å². The van der Waals surface area contributed by atoms with E-state index in [-0.39, 0.29) is 34.9 Å². The van der Waals surface area contributed by atoms with Crippen molar-refractivity contribution in [3.8, 4) is 0 Å². The third kappa shape index (κ3) is 5.47. The number of carbonyl (C=O) groups excluding carboxylic acids is 2. The number of nitrogens with one attached hydrogen (secondary N) is 1. The van der Waals surface area contributed by atoms with Crippen molar-refractivity contribution in [2.75, 3.05) is 29.9 Å². The van der Waals surface area contributed by atoms with Gasteiger partial charge in [-0.3, -0.25) is 9.59 Å². The number of piperidine rings is 1. The lowest BCUT2D eigenvalue weighted by atomic mass is 10.1. The number of thioether (sulfide) groups is 1. The molecule has 0 bridgehead atoms. The summed E-state index contributed by atoms with van der Waals surface area (Å²) in [5.74, 6) is -0.518. The highest BCUT2D eigenvalue weighted by Gasteiger charge is 2.31. The lowest BCUT2D eigenvalue weighted by Crippen LogP contribution is -2.39. The monoisotopic (exact) mass is 501 g/mol. The summed E-state index contributed by atoms with van der Waals surface area (Å²) in [6.45, 7) is 4.86. The van der Waals surface area contributed by atoms with Crippen molar-refractivity contribution in [1.29, 1.82) is 0 Å². The van der Waals surface area contributed by atoms with Crippen molar-refractivity contribution in [2.24, 2.45) is 0 Å². The predicted molar refractivity (Wildman–Crippen MR) is 136 cm³/mol. The molecule has 0 radical (unpaired) electrons. The van der Waals surface area contributed by atoms with E-state index in [2.05, 4.69) is 12.2 Å². The zero-order valence-electron chi connectivity index (χ0n) is 19.6. The number of fused-ring (bicyclic) bond motifs is 1. The highest BCUT2D eigenvalue weighted by atomic mass is 32.2. The largest absolute Gasteiger partial charge is 0.325 e. The molecule has 0 saturated carbocycles. The number of amides is 2. The Labute approximate surface area is 205 Å². The maximum atomic E-state index is 13.3. The Hall–Kier alpha value is -2.36. The first-order valence-corrected chi connectivity index (χ1v) is 14.1. The summed E-state index contributed by atoms with van der Waals surface area (Å²) in [5.41, 5.74) is 2.31. The SMILES string of the molecule is CCc1ccc(NC(=O)CN2C(=O)C[C@H](C)Sc3ccc(S(=O)(=O)N4CCCCC4)cc32)cc1. The average molecular weight is 502 g/mol. The Balaban J connectivity index is 1.61. The molecular formula is C25H31N3O4S2. The number of hydrogen-bond donors (Lipinski definition) is 1. The molecule has 2 aromatic carbocycles. The van der Waals surface area contributed by atoms with Crippen LogP contribution in [0.15, 0.2) is 52.3 Å². The second-order valence-electron chi connectivity index (χ2n) is 8.81. The first-order valence-electron chi connectivity index (χ1n) is 11.8. The van der Waals surface area contributed by atoms with Crippen LogP contribution in [-0.2, 0) is 26.0 Å². The third-order valence-electron chi connectivity index (χ3n) is 6.21. The van der Waals surface area contributed by atoms with Gasteiger partial charge in [-0.1, -0.05) is 32.4 Å². The Morgan fingerprint density at radius 2 is 1.79 bits per heavy atom. The number of hydrogen-bond acceptors (Lipinski definition) is 5. The van der Waals surface area contributed by atoms with Crippen LogP contribution in [-0.4, -0.2) is 49.4 Å². The Morgan fingerprint density at radius 1 is 1.09 bits per heavy atom. The molecule has 0 unspecified atom stereocenters. The van der Waals surface area contributed by atoms with Crippen LogP contribution in [0, 0.1) is 0 Å². The van der Waals surface area contributed by atoms with E-state index in [4.69, 9.17) is 0 Å². The summed E-state index contributed by atoms with van der Waals surface area (Å²) in [4.78, 5) is 28.4. The van der Waals surface area contributed by atoms with E-state index in [0.29, 0.717) is 24.5 Å². The molecule has 1 fully saturated rings. The smallest absolute Gasteiger partial charge is 0.244 e. The lowest BCUT2D eigenvalue weighted by molar-refractivity contribution is -0.121. The third-order valence-corrected chi connectivity index (χ3v) is 9.28. The van der Waals surface area contributed by atoms with E-state index in [1.165, 1.54) is 26.5 Å². The van der Waals surface area contributed by atoms with Gasteiger partial charge in [0, 0.05) is 35.3 Å². The van der Waals surface area contributed by atoms with Gasteiger partial charge in [0.25, 0.3) is 0 Å². The molecule has 9 heteroatoms. The second-order valence-corrected chi connectivity index (χ2v) is 12.2. The van der Waals surface area contributed by atoms with Crippen molar-refractivity contribution in [1.82, 2.24) is 4.31 Å². The van der Waals surface area contributed by atoms with E-state index in [0.717, 1.165) is 30.6 Å². The van der Waals surface area contributed by atoms with E-state index in [1.54, 1.807) is 18.2 Å². The van der Waals surface area contributed by atoms with Gasteiger partial charge in [0.1, 0.15) is 6.54 Å². The summed E-state index contributed by atoms with van der Waals surface area (Å²) in [7, 11) is -3.66. The molecule has 2 heterocycles. The van der Waals surface area contributed by atoms with Crippen LogP contribution in [0.2, 0.25) is 0 Å². The molecule has 34 heavy (non-hydrogen) atoms. The average Bonchev–Trinajstić information content (AvgIpc) is 2.94. The Bertz CT molecular complexity index is 1160. The maximum absolute atomic E-state index is 13.3. The molecule has 1 saturated heterocycles. The van der Waals surface area contributed by atoms with Crippen LogP contribution >= 0.6 is 11.8 Å². The second kappa shape index (κ2) is 10.5. The molecule has 2 aliphatic rings. The molecule has 1 N–H and O–H groups in total. The summed E-state index contributed by atoms with van der Waals surface area (Å²) < 4.78 is 28.0. The molecule has 7 nitrogen and oxygen atoms in total. The van der Waals surface area contributed by atoms with Crippen molar-refractivity contribution in [2.45, 2.75) is 61.0 Å². The minimum atomic E-state index is -3.66. The fraction of sp³-hybridized carbons (Fsp3) is 0.440. The first kappa shape index (κ1) is 24.8. The van der Waals surface area contributed by atoms with Crippen LogP contribution in [0.3, 0.4) is 0 Å². The van der Waals surface area contributed by atoms with Crippen molar-refractivity contribution in [3.63, 3.8) is 0 Å². The fourth-order valence-corrected chi connectivity index (χ4v) is 6.95. The van der Waals surface area contributed by atoms with E-state index < -0.39 is 10.0 Å². The van der Waals surface area contributed by atoms with Gasteiger partial charge in [-0.05, 0) is 55.2 Å². The molecule has 182 valence electrons. The quantitative estimate of drug-likeness (QED) is 0.639. The van der Waals surface area contributed by atoms with Gasteiger partial charge in [-0.15, -0.1) is 11.8 Å². The minimum Gasteiger partial charge on any atom is -0.325 e. The number of rotatable bonds is 6. The zero-order chi connectivity index (χ0) is 24.3. The van der Waals surface area contributed by atoms with Gasteiger partial charge in [-0.25, -0.2) is 8.42 Å². The predicted octanol–water partition coefficient (Wildman–Crippen LogP) is 4.28. The molecule has 2 aliphatic heterocycles. The molecule has 0 spiro atoms. The normalized spacial score (nSPS) is 19.4. The lowest BCUT2D eigenvalue weighted by Gasteiger charge is -2.27. The van der Waals surface area contributed by atoms with Gasteiger partial charge in [0.05, 0.1) is 10.6 Å². The number of anilines is 2. The molecular weight excluding hydrogens is 470 g/mol. The molecule has 4 rings (SSSR count). The summed E-state index contributed by atoms with van der Waals surface area (Å²) in [5, 5.41) is 2.87. The molecule has 2 amide bonds. The van der Waals surface area contributed by atoms with Crippen molar-refractivity contribution < 1.29 is 18.0 Å². The van der Waals surface area contributed by atoms with Crippen molar-refractivity contribution in [3.05, 3.63) is 48.0 Å².